The van der Waals surface area contributed by atoms with Crippen molar-refractivity contribution < 1.29 is 13.5 Å². The zero-order chi connectivity index (χ0) is 15.3. The van der Waals surface area contributed by atoms with Crippen molar-refractivity contribution in [2.24, 2.45) is 5.92 Å². The molecule has 0 aromatic heterocycles. The van der Waals surface area contributed by atoms with Crippen LogP contribution in [0.3, 0.4) is 0 Å². The molecule has 0 radical (unpaired) electrons. The summed E-state index contributed by atoms with van der Waals surface area (Å²) in [5.74, 6) is 0.386. The van der Waals surface area contributed by atoms with Crippen molar-refractivity contribution in [2.75, 3.05) is 6.54 Å². The van der Waals surface area contributed by atoms with E-state index in [2.05, 4.69) is 4.72 Å². The van der Waals surface area contributed by atoms with E-state index < -0.39 is 16.1 Å². The summed E-state index contributed by atoms with van der Waals surface area (Å²) < 4.78 is 27.1. The molecule has 0 saturated carbocycles. The van der Waals surface area contributed by atoms with Crippen molar-refractivity contribution in [3.8, 4) is 0 Å². The molecular formula is C15H25NO3S. The first-order valence-corrected chi connectivity index (χ1v) is 8.48. The molecule has 2 N–H and O–H groups in total. The Bertz CT molecular complexity index is 524. The van der Waals surface area contributed by atoms with Crippen LogP contribution in [0.2, 0.25) is 0 Å². The van der Waals surface area contributed by atoms with Crippen molar-refractivity contribution in [1.29, 1.82) is 0 Å². The van der Waals surface area contributed by atoms with E-state index in [-0.39, 0.29) is 5.92 Å². The van der Waals surface area contributed by atoms with Gasteiger partial charge in [-0.1, -0.05) is 32.9 Å². The summed E-state index contributed by atoms with van der Waals surface area (Å²) in [6.07, 6.45) is 0.160. The van der Waals surface area contributed by atoms with Crippen LogP contribution < -0.4 is 4.72 Å². The molecule has 2 atom stereocenters. The molecule has 0 aliphatic heterocycles. The fraction of sp³-hybridized carbons (Fsp3) is 0.600. The van der Waals surface area contributed by atoms with Gasteiger partial charge in [0.2, 0.25) is 10.0 Å². The Hall–Kier alpha value is -0.910. The zero-order valence-electron chi connectivity index (χ0n) is 12.6. The lowest BCUT2D eigenvalue weighted by molar-refractivity contribution is 0.165. The van der Waals surface area contributed by atoms with Crippen LogP contribution in [-0.4, -0.2) is 26.2 Å². The Morgan fingerprint density at radius 2 is 1.85 bits per heavy atom. The van der Waals surface area contributed by atoms with Gasteiger partial charge in [0.05, 0.1) is 11.0 Å². The van der Waals surface area contributed by atoms with Crippen LogP contribution in [0.25, 0.3) is 0 Å². The minimum atomic E-state index is -3.48. The summed E-state index contributed by atoms with van der Waals surface area (Å²) in [5, 5.41) is 9.29. The second-order valence-electron chi connectivity index (χ2n) is 5.77. The second kappa shape index (κ2) is 7.20. The van der Waals surface area contributed by atoms with Crippen LogP contribution in [0, 0.1) is 5.92 Å². The van der Waals surface area contributed by atoms with Gasteiger partial charge in [0.25, 0.3) is 0 Å². The fourth-order valence-corrected chi connectivity index (χ4v) is 3.26. The molecule has 2 unspecified atom stereocenters. The highest BCUT2D eigenvalue weighted by atomic mass is 32.2. The van der Waals surface area contributed by atoms with Crippen LogP contribution in [-0.2, 0) is 10.0 Å². The van der Waals surface area contributed by atoms with Crippen LogP contribution in [0.4, 0.5) is 0 Å². The third-order valence-corrected chi connectivity index (χ3v) is 4.62. The van der Waals surface area contributed by atoms with Crippen molar-refractivity contribution in [1.82, 2.24) is 4.72 Å². The van der Waals surface area contributed by atoms with Gasteiger partial charge >= 0.3 is 0 Å². The van der Waals surface area contributed by atoms with Gasteiger partial charge in [-0.05, 0) is 42.9 Å². The van der Waals surface area contributed by atoms with E-state index >= 15 is 0 Å². The number of aliphatic hydroxyl groups excluding tert-OH is 1. The van der Waals surface area contributed by atoms with Crippen molar-refractivity contribution in [2.45, 2.75) is 51.0 Å². The van der Waals surface area contributed by atoms with E-state index in [0.29, 0.717) is 23.8 Å². The van der Waals surface area contributed by atoms with Gasteiger partial charge in [-0.15, -0.1) is 0 Å². The van der Waals surface area contributed by atoms with Gasteiger partial charge in [0, 0.05) is 6.54 Å². The highest BCUT2D eigenvalue weighted by molar-refractivity contribution is 7.89. The monoisotopic (exact) mass is 299 g/mol. The average Bonchev–Trinajstić information content (AvgIpc) is 2.36. The lowest BCUT2D eigenvalue weighted by Gasteiger charge is -2.15. The minimum absolute atomic E-state index is 0.0954. The normalized spacial score (nSPS) is 15.3. The lowest BCUT2D eigenvalue weighted by atomic mass is 10.0. The Morgan fingerprint density at radius 1 is 1.20 bits per heavy atom. The summed E-state index contributed by atoms with van der Waals surface area (Å²) in [5.41, 5.74) is 1.00. The third-order valence-electron chi connectivity index (χ3n) is 3.20. The number of aliphatic hydroxyl groups is 1. The molecule has 0 aliphatic carbocycles. The van der Waals surface area contributed by atoms with Gasteiger partial charge in [-0.3, -0.25) is 0 Å². The summed E-state index contributed by atoms with van der Waals surface area (Å²) in [6.45, 7) is 8.02. The van der Waals surface area contributed by atoms with Crippen LogP contribution >= 0.6 is 0 Å². The van der Waals surface area contributed by atoms with Crippen LogP contribution in [0.1, 0.15) is 45.6 Å². The molecule has 0 aliphatic rings. The molecule has 4 nitrogen and oxygen atoms in total. The number of sulfonamides is 1. The standard InChI is InChI=1S/C15H25NO3S/c1-11(2)14-6-5-7-15(9-14)20(18,19)16-10-12(3)8-13(4)17/h5-7,9,11-13,16-17H,8,10H2,1-4H3. The minimum Gasteiger partial charge on any atom is -0.393 e. The summed E-state index contributed by atoms with van der Waals surface area (Å²) in [7, 11) is -3.48. The first-order chi connectivity index (χ1) is 9.22. The summed E-state index contributed by atoms with van der Waals surface area (Å²) in [4.78, 5) is 0.299. The van der Waals surface area contributed by atoms with E-state index in [0.717, 1.165) is 5.56 Å². The number of hydrogen-bond acceptors (Lipinski definition) is 3. The average molecular weight is 299 g/mol. The van der Waals surface area contributed by atoms with Gasteiger partial charge in [0.15, 0.2) is 0 Å². The van der Waals surface area contributed by atoms with Crippen LogP contribution in [0.5, 0.6) is 0 Å². The first kappa shape index (κ1) is 17.1. The van der Waals surface area contributed by atoms with E-state index in [1.807, 2.05) is 26.8 Å². The Kier molecular flexibility index (Phi) is 6.17. The maximum absolute atomic E-state index is 12.2. The van der Waals surface area contributed by atoms with Crippen molar-refractivity contribution in [3.05, 3.63) is 29.8 Å². The van der Waals surface area contributed by atoms with E-state index in [1.54, 1.807) is 25.1 Å². The zero-order valence-corrected chi connectivity index (χ0v) is 13.4. The van der Waals surface area contributed by atoms with Gasteiger partial charge < -0.3 is 5.11 Å². The Balaban J connectivity index is 2.76. The molecule has 1 aromatic rings. The van der Waals surface area contributed by atoms with Gasteiger partial charge in [0.1, 0.15) is 0 Å². The molecular weight excluding hydrogens is 274 g/mol. The SMILES string of the molecule is CC(O)CC(C)CNS(=O)(=O)c1cccc(C(C)C)c1. The van der Waals surface area contributed by atoms with Crippen molar-refractivity contribution in [3.63, 3.8) is 0 Å². The lowest BCUT2D eigenvalue weighted by Crippen LogP contribution is -2.29. The molecule has 0 amide bonds. The van der Waals surface area contributed by atoms with Gasteiger partial charge in [-0.25, -0.2) is 13.1 Å². The first-order valence-electron chi connectivity index (χ1n) is 7.00. The molecule has 20 heavy (non-hydrogen) atoms. The number of rotatable bonds is 7. The predicted octanol–water partition coefficient (Wildman–Crippen LogP) is 2.50. The molecule has 0 spiro atoms. The second-order valence-corrected chi connectivity index (χ2v) is 7.54. The van der Waals surface area contributed by atoms with Crippen molar-refractivity contribution >= 4 is 10.0 Å². The van der Waals surface area contributed by atoms with E-state index in [1.165, 1.54) is 0 Å². The molecule has 114 valence electrons. The molecule has 0 saturated heterocycles. The maximum Gasteiger partial charge on any atom is 0.240 e. The highest BCUT2D eigenvalue weighted by Gasteiger charge is 2.16. The Labute approximate surface area is 122 Å². The quantitative estimate of drug-likeness (QED) is 0.813. The molecule has 1 rings (SSSR count). The third kappa shape index (κ3) is 5.23. The number of nitrogens with one attached hydrogen (secondary N) is 1. The van der Waals surface area contributed by atoms with Crippen LogP contribution in [0.15, 0.2) is 29.2 Å². The summed E-state index contributed by atoms with van der Waals surface area (Å²) in [6, 6.07) is 7.02. The predicted molar refractivity (Wildman–Crippen MR) is 81.2 cm³/mol. The maximum atomic E-state index is 12.2. The summed E-state index contributed by atoms with van der Waals surface area (Å²) >= 11 is 0. The topological polar surface area (TPSA) is 66.4 Å². The fourth-order valence-electron chi connectivity index (χ4n) is 2.04. The largest absolute Gasteiger partial charge is 0.393 e. The van der Waals surface area contributed by atoms with E-state index in [9.17, 15) is 13.5 Å². The Morgan fingerprint density at radius 3 is 2.40 bits per heavy atom. The van der Waals surface area contributed by atoms with E-state index in [4.69, 9.17) is 0 Å². The molecule has 0 fully saturated rings. The number of hydrogen-bond donors (Lipinski definition) is 2. The van der Waals surface area contributed by atoms with Gasteiger partial charge in [-0.2, -0.15) is 0 Å². The molecule has 1 aromatic carbocycles. The smallest absolute Gasteiger partial charge is 0.240 e. The number of benzene rings is 1. The highest BCUT2D eigenvalue weighted by Crippen LogP contribution is 2.18. The molecule has 0 heterocycles. The molecule has 0 bridgehead atoms. The molecule has 5 heteroatoms.